The monoisotopic (exact) mass is 499 g/mol. The van der Waals surface area contributed by atoms with E-state index >= 15 is 0 Å². The number of nitrogens with two attached hydrogens (primary N) is 1. The summed E-state index contributed by atoms with van der Waals surface area (Å²) < 4.78 is 5.50. The molecule has 1 atom stereocenters. The highest BCUT2D eigenvalue weighted by Crippen LogP contribution is 2.57. The van der Waals surface area contributed by atoms with E-state index in [0.717, 1.165) is 22.4 Å². The zero-order valence-electron chi connectivity index (χ0n) is 22.2. The number of esters is 1. The van der Waals surface area contributed by atoms with Crippen molar-refractivity contribution in [2.75, 3.05) is 16.8 Å². The molecule has 3 aliphatic rings. The summed E-state index contributed by atoms with van der Waals surface area (Å²) in [6.07, 6.45) is 0.757. The second kappa shape index (κ2) is 8.33. The average molecular weight is 500 g/mol. The number of ether oxygens (including phenoxy) is 1. The molecule has 3 N–H and O–H groups in total. The third-order valence-electron chi connectivity index (χ3n) is 7.61. The molecule has 0 bridgehead atoms. The largest absolute Gasteiger partial charge is 0.462 e. The maximum atomic E-state index is 14.1. The Morgan fingerprint density at radius 2 is 1.73 bits per heavy atom. The normalized spacial score (nSPS) is 22.3. The first kappa shape index (κ1) is 24.8. The van der Waals surface area contributed by atoms with Crippen molar-refractivity contribution in [3.05, 3.63) is 81.3 Å². The predicted molar refractivity (Wildman–Crippen MR) is 143 cm³/mol. The number of carbonyl (C=O) groups excluding carboxylic acids is 3. The molecule has 0 radical (unpaired) electrons. The molecule has 1 spiro atoms. The Morgan fingerprint density at radius 1 is 1.05 bits per heavy atom. The molecule has 1 unspecified atom stereocenters. The maximum absolute atomic E-state index is 14.1. The van der Waals surface area contributed by atoms with Crippen molar-refractivity contribution in [2.45, 2.75) is 59.8 Å². The Kier molecular flexibility index (Phi) is 5.59. The van der Waals surface area contributed by atoms with Gasteiger partial charge in [0.15, 0.2) is 5.78 Å². The molecule has 7 nitrogen and oxygen atoms in total. The van der Waals surface area contributed by atoms with Crippen LogP contribution in [0.1, 0.15) is 55.9 Å². The maximum Gasteiger partial charge on any atom is 0.339 e. The molecule has 7 heteroatoms. The van der Waals surface area contributed by atoms with Crippen molar-refractivity contribution in [3.63, 3.8) is 0 Å². The number of fused-ring (bicyclic) bond motifs is 3. The molecule has 0 saturated heterocycles. The molecule has 2 aromatic rings. The number of aryl methyl sites for hydroxylation is 3. The standard InChI is InChI=1S/C30H33N3O4/c1-7-37-27(35)25-26(31)33(21-11-9-16(2)12-18(21)4)22-14-29(5,6)15-23(34)24(22)30(25)19-13-17(3)8-10-20(19)32-28(30)36/h8-13H,7,14-15,31H2,1-6H3,(H,32,36). The highest BCUT2D eigenvalue weighted by Gasteiger charge is 2.63. The van der Waals surface area contributed by atoms with Gasteiger partial charge in [0.05, 0.1) is 12.3 Å². The van der Waals surface area contributed by atoms with Gasteiger partial charge in [-0.05, 0) is 57.2 Å². The van der Waals surface area contributed by atoms with E-state index < -0.39 is 17.3 Å². The van der Waals surface area contributed by atoms with Gasteiger partial charge in [0.1, 0.15) is 16.8 Å². The van der Waals surface area contributed by atoms with Crippen molar-refractivity contribution in [1.29, 1.82) is 0 Å². The van der Waals surface area contributed by atoms with Crippen LogP contribution in [0.2, 0.25) is 0 Å². The van der Waals surface area contributed by atoms with Gasteiger partial charge < -0.3 is 15.8 Å². The van der Waals surface area contributed by atoms with Crippen LogP contribution in [0.5, 0.6) is 0 Å². The van der Waals surface area contributed by atoms with Crippen LogP contribution in [0.4, 0.5) is 11.4 Å². The van der Waals surface area contributed by atoms with Crippen LogP contribution in [0.3, 0.4) is 0 Å². The third-order valence-corrected chi connectivity index (χ3v) is 7.61. The van der Waals surface area contributed by atoms with Gasteiger partial charge in [-0.15, -0.1) is 0 Å². The second-order valence-corrected chi connectivity index (χ2v) is 11.1. The summed E-state index contributed by atoms with van der Waals surface area (Å²) in [6, 6.07) is 11.5. The number of rotatable bonds is 3. The lowest BCUT2D eigenvalue weighted by molar-refractivity contribution is -0.140. The smallest absolute Gasteiger partial charge is 0.339 e. The predicted octanol–water partition coefficient (Wildman–Crippen LogP) is 4.70. The quantitative estimate of drug-likeness (QED) is 0.594. The molecule has 0 saturated carbocycles. The minimum atomic E-state index is -1.68. The second-order valence-electron chi connectivity index (χ2n) is 11.1. The topological polar surface area (TPSA) is 102 Å². The highest BCUT2D eigenvalue weighted by atomic mass is 16.5. The van der Waals surface area contributed by atoms with Gasteiger partial charge in [-0.3, -0.25) is 14.5 Å². The fourth-order valence-electron chi connectivity index (χ4n) is 6.18. The Bertz CT molecular complexity index is 1450. The number of benzene rings is 2. The molecule has 5 rings (SSSR count). The number of hydrogen-bond donors (Lipinski definition) is 2. The van der Waals surface area contributed by atoms with Gasteiger partial charge in [-0.2, -0.15) is 0 Å². The first-order chi connectivity index (χ1) is 17.4. The van der Waals surface area contributed by atoms with Crippen LogP contribution >= 0.6 is 0 Å². The Balaban J connectivity index is 1.94. The number of carbonyl (C=O) groups is 3. The van der Waals surface area contributed by atoms with E-state index in [-0.39, 0.29) is 35.6 Å². The summed E-state index contributed by atoms with van der Waals surface area (Å²) in [6.45, 7) is 11.8. The van der Waals surface area contributed by atoms with Gasteiger partial charge >= 0.3 is 5.97 Å². The first-order valence-electron chi connectivity index (χ1n) is 12.7. The SMILES string of the molecule is CCOC(=O)C1=C(N)N(c2ccc(C)cc2C)C2=C(C(=O)CC(C)(C)C2)C12C(=O)Nc1ccc(C)cc12. The molecule has 2 aromatic carbocycles. The Labute approximate surface area is 217 Å². The number of anilines is 2. The third kappa shape index (κ3) is 3.51. The van der Waals surface area contributed by atoms with E-state index in [9.17, 15) is 14.4 Å². The van der Waals surface area contributed by atoms with E-state index in [2.05, 4.69) is 5.32 Å². The number of nitrogens with zero attached hydrogens (tertiary/aromatic N) is 1. The van der Waals surface area contributed by atoms with E-state index in [0.29, 0.717) is 28.9 Å². The van der Waals surface area contributed by atoms with Gasteiger partial charge in [-0.25, -0.2) is 4.79 Å². The molecule has 2 aliphatic heterocycles. The summed E-state index contributed by atoms with van der Waals surface area (Å²) in [7, 11) is 0. The molecular formula is C30H33N3O4. The van der Waals surface area contributed by atoms with Gasteiger partial charge in [0.2, 0.25) is 5.91 Å². The number of ketones is 1. The molecule has 2 heterocycles. The van der Waals surface area contributed by atoms with Crippen LogP contribution < -0.4 is 16.0 Å². The zero-order valence-corrected chi connectivity index (χ0v) is 22.2. The number of amides is 1. The summed E-state index contributed by atoms with van der Waals surface area (Å²) in [5, 5.41) is 2.94. The minimum absolute atomic E-state index is 0.0111. The Morgan fingerprint density at radius 3 is 2.41 bits per heavy atom. The summed E-state index contributed by atoms with van der Waals surface area (Å²) in [5.41, 5.74) is 10.6. The molecule has 0 fully saturated rings. The summed E-state index contributed by atoms with van der Waals surface area (Å²) >= 11 is 0. The molecule has 37 heavy (non-hydrogen) atoms. The molecular weight excluding hydrogens is 466 g/mol. The molecule has 192 valence electrons. The van der Waals surface area contributed by atoms with Crippen molar-refractivity contribution in [1.82, 2.24) is 0 Å². The van der Waals surface area contributed by atoms with Crippen molar-refractivity contribution in [2.24, 2.45) is 11.1 Å². The fraction of sp³-hybridized carbons (Fsp3) is 0.367. The fourth-order valence-corrected chi connectivity index (χ4v) is 6.18. The van der Waals surface area contributed by atoms with E-state index in [4.69, 9.17) is 10.5 Å². The summed E-state index contributed by atoms with van der Waals surface area (Å²) in [4.78, 5) is 43.7. The zero-order chi connectivity index (χ0) is 26.9. The van der Waals surface area contributed by atoms with Crippen molar-refractivity contribution < 1.29 is 19.1 Å². The minimum Gasteiger partial charge on any atom is -0.462 e. The molecule has 1 aliphatic carbocycles. The number of allylic oxidation sites excluding steroid dienone is 1. The van der Waals surface area contributed by atoms with Crippen LogP contribution in [-0.4, -0.2) is 24.3 Å². The van der Waals surface area contributed by atoms with Gasteiger partial charge in [-0.1, -0.05) is 49.2 Å². The number of Topliss-reactive ketones (excluding diaryl/α,β-unsaturated/α-hetero) is 1. The van der Waals surface area contributed by atoms with Crippen molar-refractivity contribution in [3.8, 4) is 0 Å². The summed E-state index contributed by atoms with van der Waals surface area (Å²) in [5.74, 6) is -1.22. The van der Waals surface area contributed by atoms with Gasteiger partial charge in [0.25, 0.3) is 0 Å². The van der Waals surface area contributed by atoms with Crippen LogP contribution in [0, 0.1) is 26.2 Å². The lowest BCUT2D eigenvalue weighted by Gasteiger charge is -2.47. The van der Waals surface area contributed by atoms with E-state index in [1.807, 2.05) is 75.9 Å². The first-order valence-corrected chi connectivity index (χ1v) is 12.7. The van der Waals surface area contributed by atoms with Gasteiger partial charge in [0, 0.05) is 28.9 Å². The van der Waals surface area contributed by atoms with Crippen LogP contribution in [0.15, 0.2) is 59.1 Å². The molecule has 0 aromatic heterocycles. The highest BCUT2D eigenvalue weighted by molar-refractivity contribution is 6.23. The van der Waals surface area contributed by atoms with E-state index in [1.165, 1.54) is 0 Å². The van der Waals surface area contributed by atoms with E-state index in [1.54, 1.807) is 6.92 Å². The van der Waals surface area contributed by atoms with Crippen LogP contribution in [0.25, 0.3) is 0 Å². The van der Waals surface area contributed by atoms with Crippen molar-refractivity contribution >= 4 is 29.0 Å². The molecule has 1 amide bonds. The number of nitrogens with one attached hydrogen (secondary N) is 1. The Hall–Kier alpha value is -3.87. The lowest BCUT2D eigenvalue weighted by atomic mass is 9.60. The lowest BCUT2D eigenvalue weighted by Crippen LogP contribution is -2.54. The number of hydrogen-bond acceptors (Lipinski definition) is 6. The van der Waals surface area contributed by atoms with Crippen LogP contribution in [-0.2, 0) is 24.5 Å². The average Bonchev–Trinajstić information content (AvgIpc) is 3.05.